The van der Waals surface area contributed by atoms with Crippen LogP contribution >= 0.6 is 0 Å². The zero-order chi connectivity index (χ0) is 18.2. The van der Waals surface area contributed by atoms with E-state index in [1.165, 1.54) is 0 Å². The molecule has 0 saturated carbocycles. The van der Waals surface area contributed by atoms with Crippen LogP contribution < -0.4 is 10.2 Å². The van der Waals surface area contributed by atoms with Crippen molar-refractivity contribution in [3.05, 3.63) is 29.3 Å². The molecular weight excluding hydrogens is 320 g/mol. The number of fused-ring (bicyclic) bond motifs is 1. The molecule has 1 fully saturated rings. The Labute approximate surface area is 147 Å². The molecule has 0 radical (unpaired) electrons. The van der Waals surface area contributed by atoms with Crippen LogP contribution in [0.2, 0.25) is 0 Å². The molecule has 6 heteroatoms. The van der Waals surface area contributed by atoms with Gasteiger partial charge in [0.05, 0.1) is 11.6 Å². The van der Waals surface area contributed by atoms with Gasteiger partial charge in [0.25, 0.3) is 0 Å². The van der Waals surface area contributed by atoms with E-state index in [1.54, 1.807) is 4.90 Å². The topological polar surface area (TPSA) is 75.7 Å². The van der Waals surface area contributed by atoms with E-state index in [9.17, 15) is 14.4 Å². The second-order valence-corrected chi connectivity index (χ2v) is 7.63. The molecule has 2 aliphatic heterocycles. The molecule has 6 nitrogen and oxygen atoms in total. The summed E-state index contributed by atoms with van der Waals surface area (Å²) in [5, 5.41) is 2.40. The number of ether oxygens (including phenoxy) is 1. The van der Waals surface area contributed by atoms with E-state index in [2.05, 4.69) is 5.32 Å². The van der Waals surface area contributed by atoms with E-state index in [1.807, 2.05) is 39.0 Å². The first-order valence-corrected chi connectivity index (χ1v) is 8.71. The Balaban J connectivity index is 1.84. The summed E-state index contributed by atoms with van der Waals surface area (Å²) < 4.78 is 5.49. The number of piperidine rings is 1. The fourth-order valence-electron chi connectivity index (χ4n) is 3.35. The highest BCUT2D eigenvalue weighted by atomic mass is 16.6. The van der Waals surface area contributed by atoms with Gasteiger partial charge >= 0.3 is 6.09 Å². The first-order valence-electron chi connectivity index (χ1n) is 8.71. The van der Waals surface area contributed by atoms with Gasteiger partial charge in [-0.2, -0.15) is 0 Å². The second kappa shape index (κ2) is 6.50. The lowest BCUT2D eigenvalue weighted by atomic mass is 9.88. The molecule has 1 unspecified atom stereocenters. The summed E-state index contributed by atoms with van der Waals surface area (Å²) in [7, 11) is 0. The molecule has 1 aromatic rings. The van der Waals surface area contributed by atoms with Crippen LogP contribution in [0.25, 0.3) is 0 Å². The number of benzene rings is 1. The standard InChI is InChI=1S/C19H24N2O4/c1-19(2,3)25-18(24)21-10-4-5-13-11-12(6-8-15(13)21)14-7-9-16(22)20-17(14)23/h6,8,11,14H,4-5,7,9-10H2,1-3H3,(H,20,22,23). The number of nitrogens with zero attached hydrogens (tertiary/aromatic N) is 1. The lowest BCUT2D eigenvalue weighted by Crippen LogP contribution is -2.40. The Morgan fingerprint density at radius 2 is 2.00 bits per heavy atom. The number of hydrogen-bond acceptors (Lipinski definition) is 4. The smallest absolute Gasteiger partial charge is 0.414 e. The summed E-state index contributed by atoms with van der Waals surface area (Å²) >= 11 is 0. The average Bonchev–Trinajstić information content (AvgIpc) is 2.52. The van der Waals surface area contributed by atoms with Gasteiger partial charge in [-0.15, -0.1) is 0 Å². The number of anilines is 1. The zero-order valence-corrected chi connectivity index (χ0v) is 14.9. The molecule has 0 spiro atoms. The van der Waals surface area contributed by atoms with Gasteiger partial charge in [-0.1, -0.05) is 12.1 Å². The molecule has 3 amide bonds. The van der Waals surface area contributed by atoms with Crippen LogP contribution in [0.1, 0.15) is 57.1 Å². The van der Waals surface area contributed by atoms with Gasteiger partial charge in [0.1, 0.15) is 5.60 Å². The number of hydrogen-bond donors (Lipinski definition) is 1. The molecule has 0 aromatic heterocycles. The van der Waals surface area contributed by atoms with Crippen molar-refractivity contribution in [2.45, 2.75) is 58.0 Å². The van der Waals surface area contributed by atoms with Gasteiger partial charge in [0.2, 0.25) is 11.8 Å². The van der Waals surface area contributed by atoms with Crippen molar-refractivity contribution in [2.75, 3.05) is 11.4 Å². The highest BCUT2D eigenvalue weighted by Crippen LogP contribution is 2.33. The zero-order valence-electron chi connectivity index (χ0n) is 14.9. The summed E-state index contributed by atoms with van der Waals surface area (Å²) in [5.74, 6) is -0.758. The number of rotatable bonds is 1. The largest absolute Gasteiger partial charge is 0.443 e. The van der Waals surface area contributed by atoms with Gasteiger partial charge in [-0.3, -0.25) is 19.8 Å². The fourth-order valence-corrected chi connectivity index (χ4v) is 3.35. The molecule has 25 heavy (non-hydrogen) atoms. The molecule has 1 N–H and O–H groups in total. The molecule has 1 atom stereocenters. The number of nitrogens with one attached hydrogen (secondary N) is 1. The Morgan fingerprint density at radius 3 is 2.68 bits per heavy atom. The van der Waals surface area contributed by atoms with Crippen molar-refractivity contribution in [1.82, 2.24) is 5.32 Å². The van der Waals surface area contributed by atoms with E-state index in [-0.39, 0.29) is 23.8 Å². The van der Waals surface area contributed by atoms with Gasteiger partial charge in [0.15, 0.2) is 0 Å². The third-order valence-electron chi connectivity index (χ3n) is 4.48. The lowest BCUT2D eigenvalue weighted by molar-refractivity contribution is -0.134. The third kappa shape index (κ3) is 3.83. The van der Waals surface area contributed by atoms with Crippen LogP contribution in [-0.2, 0) is 20.7 Å². The minimum absolute atomic E-state index is 0.213. The van der Waals surface area contributed by atoms with E-state index >= 15 is 0 Å². The predicted molar refractivity (Wildman–Crippen MR) is 93.5 cm³/mol. The molecule has 1 saturated heterocycles. The van der Waals surface area contributed by atoms with Crippen molar-refractivity contribution in [3.8, 4) is 0 Å². The summed E-state index contributed by atoms with van der Waals surface area (Å²) in [5.41, 5.74) is 2.24. The van der Waals surface area contributed by atoms with E-state index < -0.39 is 5.60 Å². The van der Waals surface area contributed by atoms with Crippen LogP contribution in [-0.4, -0.2) is 30.1 Å². The summed E-state index contributed by atoms with van der Waals surface area (Å²) in [6, 6.07) is 5.75. The molecular formula is C19H24N2O4. The van der Waals surface area contributed by atoms with Gasteiger partial charge < -0.3 is 4.74 Å². The summed E-state index contributed by atoms with van der Waals surface area (Å²) in [6.07, 6.45) is 2.25. The number of aryl methyl sites for hydroxylation is 1. The third-order valence-corrected chi connectivity index (χ3v) is 4.48. The maximum Gasteiger partial charge on any atom is 0.414 e. The number of imide groups is 1. The van der Waals surface area contributed by atoms with Crippen LogP contribution in [0.4, 0.5) is 10.5 Å². The van der Waals surface area contributed by atoms with Gasteiger partial charge in [0, 0.05) is 13.0 Å². The Bertz CT molecular complexity index is 721. The minimum Gasteiger partial charge on any atom is -0.443 e. The Morgan fingerprint density at radius 1 is 1.24 bits per heavy atom. The molecule has 0 bridgehead atoms. The highest BCUT2D eigenvalue weighted by Gasteiger charge is 2.31. The molecule has 134 valence electrons. The lowest BCUT2D eigenvalue weighted by Gasteiger charge is -2.32. The maximum atomic E-state index is 12.5. The normalized spacial score (nSPS) is 20.8. The number of amides is 3. The van der Waals surface area contributed by atoms with Crippen LogP contribution in [0, 0.1) is 0 Å². The Kier molecular flexibility index (Phi) is 4.54. The second-order valence-electron chi connectivity index (χ2n) is 7.63. The van der Waals surface area contributed by atoms with E-state index in [4.69, 9.17) is 4.74 Å². The summed E-state index contributed by atoms with van der Waals surface area (Å²) in [4.78, 5) is 37.5. The molecule has 3 rings (SSSR count). The van der Waals surface area contributed by atoms with Crippen LogP contribution in [0.3, 0.4) is 0 Å². The monoisotopic (exact) mass is 344 g/mol. The van der Waals surface area contributed by atoms with Gasteiger partial charge in [-0.25, -0.2) is 4.79 Å². The van der Waals surface area contributed by atoms with E-state index in [0.29, 0.717) is 19.4 Å². The maximum absolute atomic E-state index is 12.5. The first kappa shape index (κ1) is 17.5. The quantitative estimate of drug-likeness (QED) is 0.795. The molecule has 2 heterocycles. The van der Waals surface area contributed by atoms with Crippen LogP contribution in [0.5, 0.6) is 0 Å². The Hall–Kier alpha value is -2.37. The first-order chi connectivity index (χ1) is 11.7. The van der Waals surface area contributed by atoms with E-state index in [0.717, 1.165) is 29.7 Å². The SMILES string of the molecule is CC(C)(C)OC(=O)N1CCCc2cc(C3CCC(=O)NC3=O)ccc21. The number of carbonyl (C=O) groups excluding carboxylic acids is 3. The minimum atomic E-state index is -0.540. The highest BCUT2D eigenvalue weighted by molar-refractivity contribution is 6.01. The fraction of sp³-hybridized carbons (Fsp3) is 0.526. The van der Waals surface area contributed by atoms with Crippen LogP contribution in [0.15, 0.2) is 18.2 Å². The molecule has 2 aliphatic rings. The van der Waals surface area contributed by atoms with Crippen molar-refractivity contribution < 1.29 is 19.1 Å². The molecule has 1 aromatic carbocycles. The predicted octanol–water partition coefficient (Wildman–Crippen LogP) is 2.89. The molecule has 0 aliphatic carbocycles. The van der Waals surface area contributed by atoms with Gasteiger partial charge in [-0.05, 0) is 57.2 Å². The number of carbonyl (C=O) groups is 3. The van der Waals surface area contributed by atoms with Crippen molar-refractivity contribution >= 4 is 23.6 Å². The average molecular weight is 344 g/mol. The van der Waals surface area contributed by atoms with Crippen molar-refractivity contribution in [1.29, 1.82) is 0 Å². The van der Waals surface area contributed by atoms with Crippen molar-refractivity contribution in [2.24, 2.45) is 0 Å². The summed E-state index contributed by atoms with van der Waals surface area (Å²) in [6.45, 7) is 6.17. The van der Waals surface area contributed by atoms with Crippen molar-refractivity contribution in [3.63, 3.8) is 0 Å².